The Bertz CT molecular complexity index is 941. The van der Waals surface area contributed by atoms with E-state index >= 15 is 0 Å². The summed E-state index contributed by atoms with van der Waals surface area (Å²) in [7, 11) is 0. The first-order chi connectivity index (χ1) is 13.5. The summed E-state index contributed by atoms with van der Waals surface area (Å²) in [4.78, 5) is 38.7. The van der Waals surface area contributed by atoms with Gasteiger partial charge in [-0.2, -0.15) is 0 Å². The molecule has 0 radical (unpaired) electrons. The first-order valence-electron chi connectivity index (χ1n) is 9.54. The van der Waals surface area contributed by atoms with Gasteiger partial charge in [-0.05, 0) is 48.4 Å². The van der Waals surface area contributed by atoms with E-state index in [0.29, 0.717) is 6.54 Å². The van der Waals surface area contributed by atoms with Crippen molar-refractivity contribution in [3.63, 3.8) is 0 Å². The first-order valence-corrected chi connectivity index (χ1v) is 9.54. The summed E-state index contributed by atoms with van der Waals surface area (Å²) in [5, 5.41) is 5.53. The van der Waals surface area contributed by atoms with Crippen LogP contribution in [0.25, 0.3) is 0 Å². The molecule has 0 saturated carbocycles. The van der Waals surface area contributed by atoms with Crippen LogP contribution in [0.3, 0.4) is 0 Å². The van der Waals surface area contributed by atoms with Crippen molar-refractivity contribution in [2.24, 2.45) is 0 Å². The number of amides is 4. The van der Waals surface area contributed by atoms with E-state index in [-0.39, 0.29) is 12.5 Å². The van der Waals surface area contributed by atoms with Crippen molar-refractivity contribution in [3.05, 3.63) is 70.8 Å². The maximum atomic E-state index is 13.0. The maximum absolute atomic E-state index is 13.0. The van der Waals surface area contributed by atoms with Gasteiger partial charge in [-0.15, -0.1) is 0 Å². The number of urea groups is 1. The van der Waals surface area contributed by atoms with E-state index in [1.165, 1.54) is 11.1 Å². The second-order valence-electron chi connectivity index (χ2n) is 7.55. The fourth-order valence-electron chi connectivity index (χ4n) is 3.92. The molecule has 2 aromatic carbocycles. The lowest BCUT2D eigenvalue weighted by molar-refractivity contribution is -0.134. The fraction of sp³-hybridized carbons (Fsp3) is 0.318. The highest BCUT2D eigenvalue weighted by atomic mass is 16.2. The quantitative estimate of drug-likeness (QED) is 0.785. The van der Waals surface area contributed by atoms with Gasteiger partial charge in [0.25, 0.3) is 5.91 Å². The topological polar surface area (TPSA) is 78.5 Å². The second kappa shape index (κ2) is 7.11. The van der Waals surface area contributed by atoms with Crippen LogP contribution in [0.4, 0.5) is 4.79 Å². The number of hydrogen-bond acceptors (Lipinski definition) is 3. The number of nitrogens with zero attached hydrogens (tertiary/aromatic N) is 1. The normalized spacial score (nSPS) is 20.8. The van der Waals surface area contributed by atoms with Crippen LogP contribution < -0.4 is 10.6 Å². The van der Waals surface area contributed by atoms with Gasteiger partial charge in [-0.3, -0.25) is 14.5 Å². The smallest absolute Gasteiger partial charge is 0.325 e. The minimum atomic E-state index is -1.14. The summed E-state index contributed by atoms with van der Waals surface area (Å²) < 4.78 is 0. The van der Waals surface area contributed by atoms with Gasteiger partial charge in [0.2, 0.25) is 5.91 Å². The zero-order valence-electron chi connectivity index (χ0n) is 15.8. The first kappa shape index (κ1) is 18.2. The van der Waals surface area contributed by atoms with Gasteiger partial charge >= 0.3 is 6.03 Å². The van der Waals surface area contributed by atoms with Crippen LogP contribution in [0.5, 0.6) is 0 Å². The molecule has 28 heavy (non-hydrogen) atoms. The van der Waals surface area contributed by atoms with Crippen molar-refractivity contribution >= 4 is 17.8 Å². The molecule has 6 heteroatoms. The minimum absolute atomic E-state index is 0.294. The number of carbonyl (C=O) groups is 3. The average molecular weight is 377 g/mol. The zero-order valence-corrected chi connectivity index (χ0v) is 15.8. The van der Waals surface area contributed by atoms with Gasteiger partial charge in [-0.25, -0.2) is 4.79 Å². The Labute approximate surface area is 163 Å². The van der Waals surface area contributed by atoms with Crippen molar-refractivity contribution in [1.29, 1.82) is 0 Å². The van der Waals surface area contributed by atoms with Crippen LogP contribution in [0, 0.1) is 0 Å². The number of imide groups is 1. The molecular formula is C22H23N3O3. The lowest BCUT2D eigenvalue weighted by Gasteiger charge is -2.23. The van der Waals surface area contributed by atoms with Crippen LogP contribution >= 0.6 is 0 Å². The molecule has 1 aliphatic carbocycles. The largest absolute Gasteiger partial charge is 0.350 e. The van der Waals surface area contributed by atoms with Gasteiger partial charge < -0.3 is 10.6 Å². The maximum Gasteiger partial charge on any atom is 0.325 e. The van der Waals surface area contributed by atoms with E-state index in [1.54, 1.807) is 6.92 Å². The van der Waals surface area contributed by atoms with E-state index in [2.05, 4.69) is 10.6 Å². The Morgan fingerprint density at radius 1 is 1.11 bits per heavy atom. The molecule has 6 nitrogen and oxygen atoms in total. The van der Waals surface area contributed by atoms with Crippen LogP contribution in [0.2, 0.25) is 0 Å². The van der Waals surface area contributed by atoms with Gasteiger partial charge in [0.1, 0.15) is 12.1 Å². The van der Waals surface area contributed by atoms with Crippen molar-refractivity contribution in [2.45, 2.75) is 38.3 Å². The van der Waals surface area contributed by atoms with Crippen molar-refractivity contribution in [1.82, 2.24) is 15.5 Å². The summed E-state index contributed by atoms with van der Waals surface area (Å²) in [5.41, 5.74) is 3.12. The van der Waals surface area contributed by atoms with Crippen LogP contribution in [-0.4, -0.2) is 29.3 Å². The molecule has 4 amide bonds. The predicted octanol–water partition coefficient (Wildman–Crippen LogP) is 2.26. The number of hydrogen-bond donors (Lipinski definition) is 2. The molecule has 2 aliphatic rings. The third-order valence-electron chi connectivity index (χ3n) is 5.59. The number of carbonyl (C=O) groups excluding carboxylic acids is 3. The monoisotopic (exact) mass is 377 g/mol. The van der Waals surface area contributed by atoms with E-state index in [1.807, 2.05) is 48.5 Å². The molecule has 0 spiro atoms. The number of rotatable bonds is 5. The summed E-state index contributed by atoms with van der Waals surface area (Å²) in [5.74, 6) is -0.768. The van der Waals surface area contributed by atoms with Gasteiger partial charge in [0.15, 0.2) is 0 Å². The zero-order chi connectivity index (χ0) is 19.7. The molecule has 1 heterocycles. The number of fused-ring (bicyclic) bond motifs is 1. The molecule has 144 valence electrons. The summed E-state index contributed by atoms with van der Waals surface area (Å²) in [6, 6.07) is 14.9. The van der Waals surface area contributed by atoms with E-state index in [4.69, 9.17) is 0 Å². The average Bonchev–Trinajstić information content (AvgIpc) is 3.25. The second-order valence-corrected chi connectivity index (χ2v) is 7.55. The van der Waals surface area contributed by atoms with Gasteiger partial charge in [0, 0.05) is 6.54 Å². The number of aryl methyl sites for hydroxylation is 2. The molecule has 4 rings (SSSR count). The third kappa shape index (κ3) is 3.26. The Balaban J connectivity index is 1.45. The lowest BCUT2D eigenvalue weighted by atomic mass is 9.89. The molecule has 1 saturated heterocycles. The molecular weight excluding hydrogens is 354 g/mol. The summed E-state index contributed by atoms with van der Waals surface area (Å²) in [6.45, 7) is 1.76. The van der Waals surface area contributed by atoms with E-state index < -0.39 is 17.5 Å². The molecule has 2 N–H and O–H groups in total. The highest BCUT2D eigenvalue weighted by Gasteiger charge is 2.49. The molecule has 0 aromatic heterocycles. The fourth-order valence-corrected chi connectivity index (χ4v) is 3.92. The predicted molar refractivity (Wildman–Crippen MR) is 104 cm³/mol. The van der Waals surface area contributed by atoms with E-state index in [9.17, 15) is 14.4 Å². The van der Waals surface area contributed by atoms with Crippen LogP contribution in [0.1, 0.15) is 35.6 Å². The Morgan fingerprint density at radius 2 is 1.86 bits per heavy atom. The minimum Gasteiger partial charge on any atom is -0.350 e. The Kier molecular flexibility index (Phi) is 4.63. The van der Waals surface area contributed by atoms with Gasteiger partial charge in [0.05, 0.1) is 0 Å². The SMILES string of the molecule is CC1(c2ccc3c(c2)CCC3)NC(=O)N(CC(=O)NCc2ccccc2)C1=O. The molecule has 0 bridgehead atoms. The summed E-state index contributed by atoms with van der Waals surface area (Å²) in [6.07, 6.45) is 3.16. The third-order valence-corrected chi connectivity index (χ3v) is 5.59. The number of nitrogens with one attached hydrogen (secondary N) is 2. The van der Waals surface area contributed by atoms with Crippen LogP contribution in [-0.2, 0) is 34.5 Å². The standard InChI is InChI=1S/C22H23N3O3/c1-22(18-11-10-16-8-5-9-17(16)12-18)20(27)25(21(28)24-22)14-19(26)23-13-15-6-3-2-4-7-15/h2-4,6-7,10-12H,5,8-9,13-14H2,1H3,(H,23,26)(H,24,28). The van der Waals surface area contributed by atoms with Crippen LogP contribution in [0.15, 0.2) is 48.5 Å². The molecule has 1 fully saturated rings. The highest BCUT2D eigenvalue weighted by Crippen LogP contribution is 2.32. The lowest BCUT2D eigenvalue weighted by Crippen LogP contribution is -2.43. The Hall–Kier alpha value is -3.15. The molecule has 1 aliphatic heterocycles. The number of benzene rings is 2. The summed E-state index contributed by atoms with van der Waals surface area (Å²) >= 11 is 0. The molecule has 2 aromatic rings. The molecule has 1 unspecified atom stereocenters. The van der Waals surface area contributed by atoms with Crippen molar-refractivity contribution in [2.75, 3.05) is 6.54 Å². The molecule has 1 atom stereocenters. The highest BCUT2D eigenvalue weighted by molar-refractivity contribution is 6.09. The van der Waals surface area contributed by atoms with Crippen molar-refractivity contribution < 1.29 is 14.4 Å². The van der Waals surface area contributed by atoms with Crippen molar-refractivity contribution in [3.8, 4) is 0 Å². The van der Waals surface area contributed by atoms with E-state index in [0.717, 1.165) is 35.3 Å². The Morgan fingerprint density at radius 3 is 2.64 bits per heavy atom. The van der Waals surface area contributed by atoms with Gasteiger partial charge in [-0.1, -0.05) is 48.5 Å².